The van der Waals surface area contributed by atoms with E-state index >= 15 is 0 Å². The van der Waals surface area contributed by atoms with Crippen LogP contribution in [0.15, 0.2) is 42.9 Å². The number of rotatable bonds is 2. The van der Waals surface area contributed by atoms with Crippen molar-refractivity contribution in [3.63, 3.8) is 0 Å². The lowest BCUT2D eigenvalue weighted by atomic mass is 10.1. The van der Waals surface area contributed by atoms with Gasteiger partial charge in [-0.25, -0.2) is 9.97 Å². The molecule has 0 atom stereocenters. The molecule has 0 saturated carbocycles. The predicted octanol–water partition coefficient (Wildman–Crippen LogP) is 5.20. The molecule has 0 saturated heterocycles. The molecule has 2 aromatic heterocycles. The highest BCUT2D eigenvalue weighted by Crippen LogP contribution is 2.29. The molecule has 0 radical (unpaired) electrons. The summed E-state index contributed by atoms with van der Waals surface area (Å²) in [5.74, 6) is 0.775. The van der Waals surface area contributed by atoms with Crippen LogP contribution in [0.5, 0.6) is 0 Å². The molecule has 2 heterocycles. The average molecular weight is 337 g/mol. The Morgan fingerprint density at radius 1 is 1.00 bits per heavy atom. The zero-order valence-corrected chi connectivity index (χ0v) is 14.5. The van der Waals surface area contributed by atoms with Gasteiger partial charge in [-0.15, -0.1) is 0 Å². The highest BCUT2D eigenvalue weighted by Gasteiger charge is 2.12. The minimum Gasteiger partial charge on any atom is -0.338 e. The van der Waals surface area contributed by atoms with E-state index in [2.05, 4.69) is 43.2 Å². The fourth-order valence-corrected chi connectivity index (χ4v) is 3.38. The lowest BCUT2D eigenvalue weighted by Crippen LogP contribution is -2.02. The summed E-state index contributed by atoms with van der Waals surface area (Å²) in [6.45, 7) is 6.32. The molecule has 0 aliphatic heterocycles. The number of aromatic nitrogens is 3. The molecular weight excluding hydrogens is 320 g/mol. The van der Waals surface area contributed by atoms with Crippen LogP contribution in [0.3, 0.4) is 0 Å². The molecule has 0 aliphatic rings. The molecule has 0 amide bonds. The van der Waals surface area contributed by atoms with Gasteiger partial charge in [0.05, 0.1) is 23.6 Å². The van der Waals surface area contributed by atoms with Crippen molar-refractivity contribution >= 4 is 39.7 Å². The maximum absolute atomic E-state index is 6.14. The third-order valence-corrected chi connectivity index (χ3v) is 4.47. The Labute approximate surface area is 145 Å². The third-order valence-electron chi connectivity index (χ3n) is 4.23. The van der Waals surface area contributed by atoms with E-state index < -0.39 is 0 Å². The van der Waals surface area contributed by atoms with E-state index in [-0.39, 0.29) is 0 Å². The molecule has 0 unspecified atom stereocenters. The van der Waals surface area contributed by atoms with Crippen LogP contribution in [-0.4, -0.2) is 14.4 Å². The first-order chi connectivity index (χ1) is 11.5. The summed E-state index contributed by atoms with van der Waals surface area (Å²) in [5.41, 5.74) is 7.47. The van der Waals surface area contributed by atoms with E-state index in [0.29, 0.717) is 5.02 Å². The molecule has 5 heteroatoms. The van der Waals surface area contributed by atoms with E-state index in [1.54, 1.807) is 6.33 Å². The van der Waals surface area contributed by atoms with Crippen molar-refractivity contribution in [3.8, 4) is 0 Å². The molecule has 24 heavy (non-hydrogen) atoms. The first kappa shape index (κ1) is 15.0. The van der Waals surface area contributed by atoms with Crippen LogP contribution in [0.25, 0.3) is 16.6 Å². The van der Waals surface area contributed by atoms with Crippen molar-refractivity contribution in [1.29, 1.82) is 0 Å². The monoisotopic (exact) mass is 336 g/mol. The standard InChI is InChI=1S/C19H17ClN4/c1-11-6-12(2)18(13(3)7-11)23-19-17-9-21-10-24(17)16-5-4-14(20)8-15(16)22-19/h4-10H,1-3H3,(H,22,23). The van der Waals surface area contributed by atoms with Crippen molar-refractivity contribution in [1.82, 2.24) is 14.4 Å². The molecular formula is C19H17ClN4. The lowest BCUT2D eigenvalue weighted by molar-refractivity contribution is 1.18. The van der Waals surface area contributed by atoms with Crippen molar-refractivity contribution in [3.05, 3.63) is 64.6 Å². The quantitative estimate of drug-likeness (QED) is 0.546. The van der Waals surface area contributed by atoms with Gasteiger partial charge >= 0.3 is 0 Å². The normalized spacial score (nSPS) is 11.3. The van der Waals surface area contributed by atoms with Crippen LogP contribution in [0.4, 0.5) is 11.5 Å². The summed E-state index contributed by atoms with van der Waals surface area (Å²) in [6, 6.07) is 10.0. The van der Waals surface area contributed by atoms with E-state index in [0.717, 1.165) is 28.1 Å². The first-order valence-corrected chi connectivity index (χ1v) is 8.17. The molecule has 0 fully saturated rings. The first-order valence-electron chi connectivity index (χ1n) is 7.79. The van der Waals surface area contributed by atoms with Gasteiger partial charge < -0.3 is 5.32 Å². The number of benzene rings is 2. The molecule has 0 spiro atoms. The van der Waals surface area contributed by atoms with Crippen molar-refractivity contribution < 1.29 is 0 Å². The van der Waals surface area contributed by atoms with Gasteiger partial charge in [0.1, 0.15) is 5.52 Å². The number of anilines is 2. The molecule has 4 aromatic rings. The van der Waals surface area contributed by atoms with Crippen molar-refractivity contribution in [2.45, 2.75) is 20.8 Å². The number of imidazole rings is 1. The molecule has 4 nitrogen and oxygen atoms in total. The second-order valence-electron chi connectivity index (χ2n) is 6.14. The highest BCUT2D eigenvalue weighted by atomic mass is 35.5. The van der Waals surface area contributed by atoms with Gasteiger partial charge in [0.25, 0.3) is 0 Å². The lowest BCUT2D eigenvalue weighted by Gasteiger charge is -2.15. The van der Waals surface area contributed by atoms with E-state index in [9.17, 15) is 0 Å². The summed E-state index contributed by atoms with van der Waals surface area (Å²) >= 11 is 6.14. The molecule has 120 valence electrons. The Kier molecular flexibility index (Phi) is 3.43. The Hall–Kier alpha value is -2.59. The van der Waals surface area contributed by atoms with Crippen LogP contribution in [-0.2, 0) is 0 Å². The number of halogens is 1. The number of hydrogen-bond donors (Lipinski definition) is 1. The largest absolute Gasteiger partial charge is 0.338 e. The number of aryl methyl sites for hydroxylation is 3. The topological polar surface area (TPSA) is 42.2 Å². The predicted molar refractivity (Wildman–Crippen MR) is 99.4 cm³/mol. The molecule has 1 N–H and O–H groups in total. The van der Waals surface area contributed by atoms with Crippen LogP contribution < -0.4 is 5.32 Å². The summed E-state index contributed by atoms with van der Waals surface area (Å²) < 4.78 is 2.03. The Morgan fingerprint density at radius 3 is 2.50 bits per heavy atom. The average Bonchev–Trinajstić information content (AvgIpc) is 3.00. The van der Waals surface area contributed by atoms with Gasteiger partial charge in [0.15, 0.2) is 5.82 Å². The van der Waals surface area contributed by atoms with Crippen LogP contribution in [0.1, 0.15) is 16.7 Å². The molecule has 2 aromatic carbocycles. The zero-order valence-electron chi connectivity index (χ0n) is 13.8. The van der Waals surface area contributed by atoms with Gasteiger partial charge in [-0.05, 0) is 50.1 Å². The van der Waals surface area contributed by atoms with Crippen LogP contribution >= 0.6 is 11.6 Å². The van der Waals surface area contributed by atoms with Gasteiger partial charge in [0.2, 0.25) is 0 Å². The number of nitrogens with zero attached hydrogens (tertiary/aromatic N) is 3. The van der Waals surface area contributed by atoms with Crippen molar-refractivity contribution in [2.24, 2.45) is 0 Å². The maximum Gasteiger partial charge on any atom is 0.157 e. The second-order valence-corrected chi connectivity index (χ2v) is 6.58. The van der Waals surface area contributed by atoms with Crippen LogP contribution in [0.2, 0.25) is 5.02 Å². The smallest absolute Gasteiger partial charge is 0.157 e. The SMILES string of the molecule is Cc1cc(C)c(Nc2nc3cc(Cl)ccc3n3cncc23)c(C)c1. The Bertz CT molecular complexity index is 1060. The fraction of sp³-hybridized carbons (Fsp3) is 0.158. The minimum absolute atomic E-state index is 0.670. The Morgan fingerprint density at radius 2 is 1.75 bits per heavy atom. The minimum atomic E-state index is 0.670. The van der Waals surface area contributed by atoms with E-state index in [1.165, 1.54) is 16.7 Å². The third kappa shape index (κ3) is 2.39. The van der Waals surface area contributed by atoms with E-state index in [4.69, 9.17) is 16.6 Å². The summed E-state index contributed by atoms with van der Waals surface area (Å²) in [6.07, 6.45) is 3.62. The van der Waals surface area contributed by atoms with Gasteiger partial charge in [-0.1, -0.05) is 29.3 Å². The number of hydrogen-bond acceptors (Lipinski definition) is 3. The van der Waals surface area contributed by atoms with Crippen molar-refractivity contribution in [2.75, 3.05) is 5.32 Å². The van der Waals surface area contributed by atoms with Gasteiger partial charge in [0, 0.05) is 10.7 Å². The molecule has 0 bridgehead atoms. The number of fused-ring (bicyclic) bond motifs is 3. The van der Waals surface area contributed by atoms with Gasteiger partial charge in [-0.2, -0.15) is 0 Å². The summed E-state index contributed by atoms with van der Waals surface area (Å²) in [4.78, 5) is 9.07. The highest BCUT2D eigenvalue weighted by molar-refractivity contribution is 6.31. The number of nitrogens with one attached hydrogen (secondary N) is 1. The fourth-order valence-electron chi connectivity index (χ4n) is 3.22. The summed E-state index contributed by atoms with van der Waals surface area (Å²) in [7, 11) is 0. The molecule has 0 aliphatic carbocycles. The van der Waals surface area contributed by atoms with Gasteiger partial charge in [-0.3, -0.25) is 4.40 Å². The zero-order chi connectivity index (χ0) is 16.8. The van der Waals surface area contributed by atoms with E-state index in [1.807, 2.05) is 28.8 Å². The summed E-state index contributed by atoms with van der Waals surface area (Å²) in [5, 5.41) is 4.16. The molecule has 4 rings (SSSR count). The Balaban J connectivity index is 1.94. The maximum atomic E-state index is 6.14. The van der Waals surface area contributed by atoms with Crippen LogP contribution in [0, 0.1) is 20.8 Å². The second kappa shape index (κ2) is 5.49.